The predicted octanol–water partition coefficient (Wildman–Crippen LogP) is 5.67. The lowest BCUT2D eigenvalue weighted by molar-refractivity contribution is -0.302. The van der Waals surface area contributed by atoms with Gasteiger partial charge in [-0.2, -0.15) is 26.3 Å². The first-order chi connectivity index (χ1) is 9.92. The van der Waals surface area contributed by atoms with Crippen LogP contribution in [0.5, 0.6) is 0 Å². The van der Waals surface area contributed by atoms with Gasteiger partial charge < -0.3 is 0 Å². The lowest BCUT2D eigenvalue weighted by Crippen LogP contribution is -2.52. The smallest absolute Gasteiger partial charge is 0.298 e. The van der Waals surface area contributed by atoms with E-state index in [9.17, 15) is 31.1 Å². The quantitative estimate of drug-likeness (QED) is 0.328. The van der Waals surface area contributed by atoms with Gasteiger partial charge in [-0.3, -0.25) is 4.79 Å². The van der Waals surface area contributed by atoms with Crippen LogP contribution >= 0.6 is 27.7 Å². The van der Waals surface area contributed by atoms with Crippen molar-refractivity contribution in [3.05, 3.63) is 28.2 Å². The summed E-state index contributed by atoms with van der Waals surface area (Å²) in [6, 6.07) is 4.33. The zero-order chi connectivity index (χ0) is 17.2. The third kappa shape index (κ3) is 4.18. The van der Waals surface area contributed by atoms with Crippen molar-refractivity contribution < 1.29 is 31.1 Å². The molecule has 0 aliphatic rings. The van der Waals surface area contributed by atoms with Gasteiger partial charge in [0.05, 0.1) is 0 Å². The molecule has 0 bridgehead atoms. The summed E-state index contributed by atoms with van der Waals surface area (Å²) in [7, 11) is 0. The number of thioether (sulfide) groups is 1. The van der Waals surface area contributed by atoms with Crippen LogP contribution in [-0.4, -0.2) is 29.8 Å². The van der Waals surface area contributed by atoms with Crippen LogP contribution in [0, 0.1) is 0 Å². The van der Waals surface area contributed by atoms with Gasteiger partial charge in [-0.25, -0.2) is 0 Å². The van der Waals surface area contributed by atoms with E-state index in [4.69, 9.17) is 0 Å². The molecule has 124 valence electrons. The topological polar surface area (TPSA) is 17.1 Å². The van der Waals surface area contributed by atoms with Gasteiger partial charge in [-0.15, -0.1) is 11.8 Å². The molecular weight excluding hydrogens is 398 g/mol. The molecule has 0 atom stereocenters. The van der Waals surface area contributed by atoms with E-state index in [2.05, 4.69) is 15.9 Å². The molecule has 1 aromatic carbocycles. The van der Waals surface area contributed by atoms with Gasteiger partial charge in [0.2, 0.25) is 0 Å². The number of halogens is 7. The van der Waals surface area contributed by atoms with E-state index < -0.39 is 29.9 Å². The number of aldehydes is 1. The van der Waals surface area contributed by atoms with Gasteiger partial charge >= 0.3 is 17.8 Å². The van der Waals surface area contributed by atoms with Gasteiger partial charge in [-0.1, -0.05) is 15.9 Å². The van der Waals surface area contributed by atoms with Crippen LogP contribution in [0.2, 0.25) is 0 Å². The van der Waals surface area contributed by atoms with Crippen LogP contribution in [0.1, 0.15) is 23.7 Å². The third-order valence-corrected chi connectivity index (χ3v) is 4.48. The van der Waals surface area contributed by atoms with Crippen molar-refractivity contribution in [2.75, 3.05) is 5.75 Å². The molecule has 0 aliphatic heterocycles. The zero-order valence-corrected chi connectivity index (χ0v) is 13.6. The minimum atomic E-state index is -5.41. The van der Waals surface area contributed by atoms with Crippen molar-refractivity contribution in [3.63, 3.8) is 0 Å². The van der Waals surface area contributed by atoms with Crippen LogP contribution in [0.15, 0.2) is 27.6 Å². The Bertz CT molecular complexity index is 544. The fourth-order valence-corrected chi connectivity index (χ4v) is 3.05. The van der Waals surface area contributed by atoms with Gasteiger partial charge in [0.1, 0.15) is 0 Å². The molecule has 0 saturated heterocycles. The highest BCUT2D eigenvalue weighted by molar-refractivity contribution is 9.10. The first-order valence-electron chi connectivity index (χ1n) is 5.93. The van der Waals surface area contributed by atoms with E-state index in [-0.39, 0.29) is 6.92 Å². The molecule has 9 heteroatoms. The molecule has 0 amide bonds. The van der Waals surface area contributed by atoms with E-state index in [1.807, 2.05) is 0 Å². The number of carbonyl (C=O) groups excluding carboxylic acids is 1. The zero-order valence-electron chi connectivity index (χ0n) is 11.2. The summed E-state index contributed by atoms with van der Waals surface area (Å²) in [5, 5.41) is 0. The molecule has 0 fully saturated rings. The van der Waals surface area contributed by atoms with E-state index in [1.54, 1.807) is 0 Å². The maximum absolute atomic E-state index is 13.3. The first-order valence-corrected chi connectivity index (χ1v) is 7.71. The van der Waals surface area contributed by atoms with Crippen molar-refractivity contribution in [1.82, 2.24) is 0 Å². The fraction of sp³-hybridized carbons (Fsp3) is 0.462. The van der Waals surface area contributed by atoms with Crippen molar-refractivity contribution in [1.29, 1.82) is 0 Å². The van der Waals surface area contributed by atoms with E-state index >= 15 is 0 Å². The number of hydrogen-bond donors (Lipinski definition) is 0. The third-order valence-electron chi connectivity index (χ3n) is 2.79. The average Bonchev–Trinajstić information content (AvgIpc) is 2.37. The molecule has 1 rings (SSSR count). The molecule has 0 unspecified atom stereocenters. The second-order valence-electron chi connectivity index (χ2n) is 4.57. The Kier molecular flexibility index (Phi) is 6.00. The molecule has 22 heavy (non-hydrogen) atoms. The van der Waals surface area contributed by atoms with Crippen LogP contribution < -0.4 is 0 Å². The molecule has 0 aromatic heterocycles. The molecular formula is C13H11BrF6OS. The lowest BCUT2D eigenvalue weighted by atomic mass is 10.0. The number of alkyl halides is 6. The van der Waals surface area contributed by atoms with E-state index in [0.717, 1.165) is 11.8 Å². The Hall–Kier alpha value is -0.700. The number of hydrogen-bond acceptors (Lipinski definition) is 2. The largest absolute Gasteiger partial charge is 0.371 e. The Morgan fingerprint density at radius 1 is 1.18 bits per heavy atom. The van der Waals surface area contributed by atoms with Gasteiger partial charge in [-0.05, 0) is 18.2 Å². The fourth-order valence-electron chi connectivity index (χ4n) is 1.47. The molecule has 0 N–H and O–H groups in total. The Labute approximate surface area is 135 Å². The Morgan fingerprint density at radius 3 is 2.23 bits per heavy atom. The highest BCUT2D eigenvalue weighted by Gasteiger charge is 2.68. The molecule has 1 aromatic rings. The molecule has 0 radical (unpaired) electrons. The van der Waals surface area contributed by atoms with Crippen LogP contribution in [0.3, 0.4) is 0 Å². The SMILES string of the molecule is CC(F)(F)C(F)(F)C(F)(F)CCSc1ccc(C=O)c(Br)c1. The predicted molar refractivity (Wildman–Crippen MR) is 75.4 cm³/mol. The highest BCUT2D eigenvalue weighted by atomic mass is 79.9. The number of carbonyl (C=O) groups is 1. The van der Waals surface area contributed by atoms with Gasteiger partial charge in [0, 0.05) is 34.0 Å². The van der Waals surface area contributed by atoms with Crippen LogP contribution in [0.25, 0.3) is 0 Å². The average molecular weight is 409 g/mol. The summed E-state index contributed by atoms with van der Waals surface area (Å²) in [4.78, 5) is 11.0. The van der Waals surface area contributed by atoms with Crippen molar-refractivity contribution in [2.24, 2.45) is 0 Å². The molecule has 0 heterocycles. The highest BCUT2D eigenvalue weighted by Crippen LogP contribution is 2.47. The van der Waals surface area contributed by atoms with Gasteiger partial charge in [0.25, 0.3) is 0 Å². The second-order valence-corrected chi connectivity index (χ2v) is 6.59. The molecule has 0 saturated carbocycles. The monoisotopic (exact) mass is 408 g/mol. The normalized spacial score (nSPS) is 13.3. The van der Waals surface area contributed by atoms with Crippen molar-refractivity contribution >= 4 is 34.0 Å². The molecule has 1 nitrogen and oxygen atoms in total. The summed E-state index contributed by atoms with van der Waals surface area (Å²) >= 11 is 3.89. The number of rotatable bonds is 7. The summed E-state index contributed by atoms with van der Waals surface area (Å²) < 4.78 is 78.3. The Morgan fingerprint density at radius 2 is 1.77 bits per heavy atom. The maximum Gasteiger partial charge on any atom is 0.371 e. The van der Waals surface area contributed by atoms with Gasteiger partial charge in [0.15, 0.2) is 6.29 Å². The minimum absolute atomic E-state index is 0.233. The minimum Gasteiger partial charge on any atom is -0.298 e. The lowest BCUT2D eigenvalue weighted by Gasteiger charge is -2.30. The summed E-state index contributed by atoms with van der Waals surface area (Å²) in [6.07, 6.45) is -0.822. The molecule has 0 spiro atoms. The van der Waals surface area contributed by atoms with Crippen molar-refractivity contribution in [3.8, 4) is 0 Å². The first kappa shape index (κ1) is 19.3. The standard InChI is InChI=1S/C13H11BrF6OS/c1-11(15,16)13(19,20)12(17,18)4-5-22-9-3-2-8(7-21)10(14)6-9/h2-3,6-7H,4-5H2,1H3. The van der Waals surface area contributed by atoms with Crippen LogP contribution in [0.4, 0.5) is 26.3 Å². The van der Waals surface area contributed by atoms with E-state index in [1.165, 1.54) is 18.2 Å². The maximum atomic E-state index is 13.3. The summed E-state index contributed by atoms with van der Waals surface area (Å²) in [5.74, 6) is -15.5. The van der Waals surface area contributed by atoms with E-state index in [0.29, 0.717) is 21.2 Å². The summed E-state index contributed by atoms with van der Waals surface area (Å²) in [6.45, 7) is -0.233. The van der Waals surface area contributed by atoms with Crippen molar-refractivity contribution in [2.45, 2.75) is 36.0 Å². The Balaban J connectivity index is 2.70. The number of benzene rings is 1. The summed E-state index contributed by atoms with van der Waals surface area (Å²) in [5.41, 5.74) is 0.340. The molecule has 0 aliphatic carbocycles. The second kappa shape index (κ2) is 6.82. The van der Waals surface area contributed by atoms with Crippen LogP contribution in [-0.2, 0) is 0 Å².